The molecule has 5 nitrogen and oxygen atoms in total. The van der Waals surface area contributed by atoms with Crippen LogP contribution in [0.5, 0.6) is 0 Å². The molecule has 128 valence electrons. The molecule has 0 radical (unpaired) electrons. The Morgan fingerprint density at radius 3 is 1.91 bits per heavy atom. The third-order valence-electron chi connectivity index (χ3n) is 3.64. The lowest BCUT2D eigenvalue weighted by Gasteiger charge is -2.36. The lowest BCUT2D eigenvalue weighted by molar-refractivity contribution is -0.141. The fraction of sp³-hybridized carbons (Fsp3) is 0.667. The average Bonchev–Trinajstić information content (AvgIpc) is 2.36. The molecule has 0 aliphatic carbocycles. The van der Waals surface area contributed by atoms with E-state index in [-0.39, 0.29) is 23.1 Å². The minimum absolute atomic E-state index is 0.0499. The van der Waals surface area contributed by atoms with Gasteiger partial charge in [-0.25, -0.2) is 4.79 Å². The number of esters is 1. The highest BCUT2D eigenvalue weighted by Gasteiger charge is 2.46. The van der Waals surface area contributed by atoms with E-state index in [1.54, 1.807) is 6.92 Å². The van der Waals surface area contributed by atoms with Crippen LogP contribution in [0.1, 0.15) is 55.4 Å². The van der Waals surface area contributed by atoms with E-state index in [2.05, 4.69) is 4.79 Å². The Morgan fingerprint density at radius 1 is 1.17 bits per heavy atom. The SMILES string of the molecule is CCOC(=O)C(=[N+]=[N-])C1(C)C=C(C(C)(C)C)OC(C(C)(C)C)=C1. The van der Waals surface area contributed by atoms with E-state index in [4.69, 9.17) is 9.47 Å². The van der Waals surface area contributed by atoms with Crippen LogP contribution in [0, 0.1) is 16.2 Å². The molecule has 1 rings (SSSR count). The van der Waals surface area contributed by atoms with Crippen LogP contribution in [-0.4, -0.2) is 23.1 Å². The quantitative estimate of drug-likeness (QED) is 0.340. The number of ether oxygens (including phenoxy) is 2. The third-order valence-corrected chi connectivity index (χ3v) is 3.64. The molecule has 0 N–H and O–H groups in total. The van der Waals surface area contributed by atoms with Crippen LogP contribution in [0.25, 0.3) is 5.53 Å². The second kappa shape index (κ2) is 6.32. The predicted molar refractivity (Wildman–Crippen MR) is 89.5 cm³/mol. The van der Waals surface area contributed by atoms with Crippen molar-refractivity contribution in [2.24, 2.45) is 16.2 Å². The summed E-state index contributed by atoms with van der Waals surface area (Å²) < 4.78 is 11.1. The summed E-state index contributed by atoms with van der Waals surface area (Å²) in [5.74, 6) is 0.837. The van der Waals surface area contributed by atoms with Gasteiger partial charge < -0.3 is 15.0 Å². The van der Waals surface area contributed by atoms with E-state index in [0.717, 1.165) is 11.5 Å². The topological polar surface area (TPSA) is 71.9 Å². The maximum atomic E-state index is 12.2. The van der Waals surface area contributed by atoms with E-state index in [1.807, 2.05) is 60.6 Å². The molecule has 0 aromatic heterocycles. The lowest BCUT2D eigenvalue weighted by atomic mass is 9.76. The number of allylic oxidation sites excluding steroid dienone is 4. The number of hydrogen-bond donors (Lipinski definition) is 0. The summed E-state index contributed by atoms with van der Waals surface area (Å²) in [6.07, 6.45) is 3.66. The summed E-state index contributed by atoms with van der Waals surface area (Å²) in [6, 6.07) is 0. The van der Waals surface area contributed by atoms with Gasteiger partial charge in [0.05, 0.1) is 6.61 Å². The van der Waals surface area contributed by atoms with Crippen LogP contribution in [0.4, 0.5) is 0 Å². The van der Waals surface area contributed by atoms with Gasteiger partial charge in [-0.1, -0.05) is 41.5 Å². The fourth-order valence-corrected chi connectivity index (χ4v) is 2.21. The molecule has 0 atom stereocenters. The van der Waals surface area contributed by atoms with Crippen molar-refractivity contribution in [3.63, 3.8) is 0 Å². The molecule has 5 heteroatoms. The van der Waals surface area contributed by atoms with Crippen molar-refractivity contribution in [3.8, 4) is 0 Å². The standard InChI is InChI=1S/C18H28N2O3/c1-9-22-15(21)14(20-19)18(8)10-12(16(2,3)4)23-13(11-18)17(5,6)7/h10-11H,9H2,1-8H3. The van der Waals surface area contributed by atoms with Crippen LogP contribution < -0.4 is 0 Å². The molecule has 0 bridgehead atoms. The van der Waals surface area contributed by atoms with Crippen LogP contribution >= 0.6 is 0 Å². The van der Waals surface area contributed by atoms with Crippen LogP contribution in [0.3, 0.4) is 0 Å². The van der Waals surface area contributed by atoms with Gasteiger partial charge in [-0.2, -0.15) is 4.79 Å². The molecule has 1 aliphatic heterocycles. The molecule has 0 unspecified atom stereocenters. The van der Waals surface area contributed by atoms with Crippen LogP contribution in [0.15, 0.2) is 23.7 Å². The summed E-state index contributed by atoms with van der Waals surface area (Å²) in [7, 11) is 0. The maximum Gasteiger partial charge on any atom is 0.418 e. The Balaban J connectivity index is 3.51. The van der Waals surface area contributed by atoms with Gasteiger partial charge in [0.1, 0.15) is 16.9 Å². The van der Waals surface area contributed by atoms with Crippen molar-refractivity contribution in [2.75, 3.05) is 6.61 Å². The van der Waals surface area contributed by atoms with Crippen molar-refractivity contribution in [1.82, 2.24) is 0 Å². The smallest absolute Gasteiger partial charge is 0.418 e. The number of hydrogen-bond acceptors (Lipinski definition) is 3. The zero-order valence-corrected chi connectivity index (χ0v) is 15.5. The second-order valence-electron chi connectivity index (χ2n) is 8.07. The first-order valence-corrected chi connectivity index (χ1v) is 7.89. The molecule has 0 aromatic carbocycles. The van der Waals surface area contributed by atoms with Gasteiger partial charge in [-0.15, -0.1) is 0 Å². The normalized spacial score (nSPS) is 17.4. The summed E-state index contributed by atoms with van der Waals surface area (Å²) in [5.41, 5.74) is 7.96. The zero-order valence-electron chi connectivity index (χ0n) is 15.5. The Labute approximate surface area is 139 Å². The number of rotatable bonds is 3. The highest BCUT2D eigenvalue weighted by Crippen LogP contribution is 2.43. The van der Waals surface area contributed by atoms with Gasteiger partial charge in [0.2, 0.25) is 0 Å². The van der Waals surface area contributed by atoms with Gasteiger partial charge >= 0.3 is 11.7 Å². The monoisotopic (exact) mass is 320 g/mol. The molecule has 0 spiro atoms. The lowest BCUT2D eigenvalue weighted by Crippen LogP contribution is -2.38. The summed E-state index contributed by atoms with van der Waals surface area (Å²) in [6.45, 7) is 15.9. The molecule has 1 heterocycles. The van der Waals surface area contributed by atoms with Crippen molar-refractivity contribution in [2.45, 2.75) is 55.4 Å². The molecule has 0 fully saturated rings. The first kappa shape index (κ1) is 19.2. The van der Waals surface area contributed by atoms with Crippen molar-refractivity contribution in [1.29, 1.82) is 0 Å². The Hall–Kier alpha value is -1.87. The summed E-state index contributed by atoms with van der Waals surface area (Å²) in [4.78, 5) is 15.4. The van der Waals surface area contributed by atoms with Gasteiger partial charge in [0.25, 0.3) is 0 Å². The minimum atomic E-state index is -0.898. The van der Waals surface area contributed by atoms with Gasteiger partial charge in [0.15, 0.2) is 0 Å². The molecule has 0 saturated heterocycles. The second-order valence-corrected chi connectivity index (χ2v) is 8.07. The molecular formula is C18H28N2O3. The highest BCUT2D eigenvalue weighted by molar-refractivity contribution is 6.37. The molecule has 0 aromatic rings. The Bertz CT molecular complexity index is 565. The highest BCUT2D eigenvalue weighted by atomic mass is 16.5. The van der Waals surface area contributed by atoms with Crippen LogP contribution in [0.2, 0.25) is 0 Å². The Morgan fingerprint density at radius 2 is 1.61 bits per heavy atom. The Kier molecular flexibility index (Phi) is 5.27. The minimum Gasteiger partial charge on any atom is -0.466 e. The first-order valence-electron chi connectivity index (χ1n) is 7.89. The number of carbonyl (C=O) groups is 1. The zero-order chi connectivity index (χ0) is 18.1. The first-order chi connectivity index (χ1) is 10.3. The van der Waals surface area contributed by atoms with E-state index < -0.39 is 11.4 Å². The van der Waals surface area contributed by atoms with Crippen molar-refractivity contribution >= 4 is 11.7 Å². The van der Waals surface area contributed by atoms with Gasteiger partial charge in [-0.3, -0.25) is 0 Å². The largest absolute Gasteiger partial charge is 0.466 e. The number of nitrogens with zero attached hydrogens (tertiary/aromatic N) is 2. The third kappa shape index (κ3) is 4.32. The molecular weight excluding hydrogens is 292 g/mol. The van der Waals surface area contributed by atoms with E-state index in [9.17, 15) is 10.3 Å². The predicted octanol–water partition coefficient (Wildman–Crippen LogP) is 4.12. The average molecular weight is 320 g/mol. The van der Waals surface area contributed by atoms with Crippen LogP contribution in [-0.2, 0) is 14.3 Å². The molecule has 1 aliphatic rings. The van der Waals surface area contributed by atoms with E-state index in [0.29, 0.717) is 0 Å². The fourth-order valence-electron chi connectivity index (χ4n) is 2.21. The maximum absolute atomic E-state index is 12.2. The molecule has 23 heavy (non-hydrogen) atoms. The summed E-state index contributed by atoms with van der Waals surface area (Å²) >= 11 is 0. The van der Waals surface area contributed by atoms with E-state index >= 15 is 0 Å². The summed E-state index contributed by atoms with van der Waals surface area (Å²) in [5, 5.41) is 0. The van der Waals surface area contributed by atoms with Crippen molar-refractivity contribution < 1.29 is 19.1 Å². The number of carbonyl (C=O) groups excluding carboxylic acids is 1. The van der Waals surface area contributed by atoms with E-state index in [1.165, 1.54) is 0 Å². The molecule has 0 saturated carbocycles. The van der Waals surface area contributed by atoms with Gasteiger partial charge in [0, 0.05) is 10.8 Å². The molecule has 0 amide bonds. The van der Waals surface area contributed by atoms with Crippen molar-refractivity contribution in [3.05, 3.63) is 29.2 Å². The van der Waals surface area contributed by atoms with Gasteiger partial charge in [-0.05, 0) is 26.0 Å².